The summed E-state index contributed by atoms with van der Waals surface area (Å²) in [6.07, 6.45) is -0.217. The van der Waals surface area contributed by atoms with Crippen molar-refractivity contribution < 1.29 is 14.7 Å². The number of anilines is 1. The summed E-state index contributed by atoms with van der Waals surface area (Å²) < 4.78 is 0. The predicted molar refractivity (Wildman–Crippen MR) is 106 cm³/mol. The van der Waals surface area contributed by atoms with Crippen LogP contribution in [0.5, 0.6) is 0 Å². The van der Waals surface area contributed by atoms with Crippen LogP contribution in [0.3, 0.4) is 0 Å². The third-order valence-electron chi connectivity index (χ3n) is 4.11. The normalized spacial score (nSPS) is 12.6. The summed E-state index contributed by atoms with van der Waals surface area (Å²) in [6.45, 7) is 13.1. The lowest BCUT2D eigenvalue weighted by Crippen LogP contribution is -2.41. The number of aliphatic hydroxyl groups excluding tert-OH is 1. The molecule has 0 aliphatic rings. The lowest BCUT2D eigenvalue weighted by Gasteiger charge is -2.23. The van der Waals surface area contributed by atoms with Gasteiger partial charge in [-0.1, -0.05) is 6.07 Å². The molecule has 6 heteroatoms. The van der Waals surface area contributed by atoms with E-state index in [-0.39, 0.29) is 17.4 Å². The van der Waals surface area contributed by atoms with Gasteiger partial charge in [-0.05, 0) is 59.2 Å². The monoisotopic (exact) mass is 363 g/mol. The highest BCUT2D eigenvalue weighted by atomic mass is 16.3. The molecule has 2 amide bonds. The third kappa shape index (κ3) is 7.14. The zero-order chi connectivity index (χ0) is 19.9. The summed E-state index contributed by atoms with van der Waals surface area (Å²) >= 11 is 0. The second-order valence-corrected chi connectivity index (χ2v) is 7.52. The number of benzene rings is 1. The molecule has 1 aromatic rings. The molecule has 0 spiro atoms. The molecule has 3 N–H and O–H groups in total. The van der Waals surface area contributed by atoms with Gasteiger partial charge < -0.3 is 20.6 Å². The molecule has 0 saturated carbocycles. The highest BCUT2D eigenvalue weighted by Crippen LogP contribution is 2.19. The SMILES string of the molecule is CCN(CC)C(=O)Nc1ccc(C[C@H](O)CNC(C)(C)C)c(C(C)=O)c1. The van der Waals surface area contributed by atoms with Crippen LogP contribution in [-0.2, 0) is 6.42 Å². The van der Waals surface area contributed by atoms with Crippen LogP contribution in [0.4, 0.5) is 10.5 Å². The minimum absolute atomic E-state index is 0.0804. The van der Waals surface area contributed by atoms with Crippen LogP contribution < -0.4 is 10.6 Å². The van der Waals surface area contributed by atoms with Gasteiger partial charge >= 0.3 is 6.03 Å². The van der Waals surface area contributed by atoms with Crippen molar-refractivity contribution in [1.29, 1.82) is 0 Å². The fourth-order valence-corrected chi connectivity index (χ4v) is 2.62. The number of nitrogens with one attached hydrogen (secondary N) is 2. The number of amides is 2. The van der Waals surface area contributed by atoms with Gasteiger partial charge in [-0.15, -0.1) is 0 Å². The molecule has 26 heavy (non-hydrogen) atoms. The van der Waals surface area contributed by atoms with Gasteiger partial charge in [0.1, 0.15) is 0 Å². The number of aliphatic hydroxyl groups is 1. The van der Waals surface area contributed by atoms with Crippen LogP contribution >= 0.6 is 0 Å². The minimum Gasteiger partial charge on any atom is -0.391 e. The van der Waals surface area contributed by atoms with Crippen LogP contribution in [0.25, 0.3) is 0 Å². The van der Waals surface area contributed by atoms with Crippen LogP contribution in [0.15, 0.2) is 18.2 Å². The van der Waals surface area contributed by atoms with Gasteiger partial charge in [-0.2, -0.15) is 0 Å². The summed E-state index contributed by atoms with van der Waals surface area (Å²) in [5, 5.41) is 16.4. The predicted octanol–water partition coefficient (Wildman–Crippen LogP) is 3.05. The van der Waals surface area contributed by atoms with Crippen LogP contribution in [0, 0.1) is 0 Å². The largest absolute Gasteiger partial charge is 0.391 e. The Morgan fingerprint density at radius 3 is 2.31 bits per heavy atom. The maximum atomic E-state index is 12.2. The topological polar surface area (TPSA) is 81.7 Å². The average Bonchev–Trinajstić information content (AvgIpc) is 2.54. The summed E-state index contributed by atoms with van der Waals surface area (Å²) in [5.74, 6) is -0.0880. The lowest BCUT2D eigenvalue weighted by molar-refractivity contribution is 0.101. The molecule has 0 aromatic heterocycles. The van der Waals surface area contributed by atoms with Gasteiger partial charge in [0.2, 0.25) is 0 Å². The van der Waals surface area contributed by atoms with Crippen LogP contribution in [0.2, 0.25) is 0 Å². The number of nitrogens with zero attached hydrogens (tertiary/aromatic N) is 1. The van der Waals surface area contributed by atoms with E-state index in [4.69, 9.17) is 0 Å². The van der Waals surface area contributed by atoms with E-state index in [0.717, 1.165) is 5.56 Å². The summed E-state index contributed by atoms with van der Waals surface area (Å²) in [7, 11) is 0. The summed E-state index contributed by atoms with van der Waals surface area (Å²) in [6, 6.07) is 5.07. The average molecular weight is 364 g/mol. The van der Waals surface area contributed by atoms with Crippen molar-refractivity contribution in [2.24, 2.45) is 0 Å². The Hall–Kier alpha value is -1.92. The molecule has 0 aliphatic carbocycles. The number of carbonyl (C=O) groups excluding carboxylic acids is 2. The van der Waals surface area contributed by atoms with E-state index in [9.17, 15) is 14.7 Å². The van der Waals surface area contributed by atoms with Crippen molar-refractivity contribution in [2.75, 3.05) is 25.0 Å². The van der Waals surface area contributed by atoms with Crippen molar-refractivity contribution in [2.45, 2.75) is 59.6 Å². The highest BCUT2D eigenvalue weighted by Gasteiger charge is 2.17. The molecule has 0 fully saturated rings. The highest BCUT2D eigenvalue weighted by molar-refractivity contribution is 5.98. The first kappa shape index (κ1) is 22.1. The number of hydrogen-bond donors (Lipinski definition) is 3. The van der Waals surface area contributed by atoms with E-state index >= 15 is 0 Å². The van der Waals surface area contributed by atoms with Crippen molar-refractivity contribution in [3.63, 3.8) is 0 Å². The Labute approximate surface area is 157 Å². The minimum atomic E-state index is -0.594. The first-order chi connectivity index (χ1) is 12.1. The standard InChI is InChI=1S/C20H33N3O3/c1-7-23(8-2)19(26)22-16-10-9-15(18(12-16)14(3)24)11-17(25)13-21-20(4,5)6/h9-10,12,17,21,25H,7-8,11,13H2,1-6H3,(H,22,26)/t17-/m0/s1. The van der Waals surface area contributed by atoms with E-state index in [1.54, 1.807) is 23.1 Å². The fraction of sp³-hybridized carbons (Fsp3) is 0.600. The Bertz CT molecular complexity index is 619. The number of carbonyl (C=O) groups is 2. The molecular formula is C20H33N3O3. The Morgan fingerprint density at radius 1 is 1.19 bits per heavy atom. The van der Waals surface area contributed by atoms with E-state index < -0.39 is 6.10 Å². The molecule has 1 atom stereocenters. The summed E-state index contributed by atoms with van der Waals surface area (Å²) in [4.78, 5) is 25.9. The second-order valence-electron chi connectivity index (χ2n) is 7.52. The van der Waals surface area contributed by atoms with Crippen molar-refractivity contribution in [3.05, 3.63) is 29.3 Å². The summed E-state index contributed by atoms with van der Waals surface area (Å²) in [5.41, 5.74) is 1.81. The van der Waals surface area contributed by atoms with E-state index in [1.165, 1.54) is 6.92 Å². The molecule has 6 nitrogen and oxygen atoms in total. The fourth-order valence-electron chi connectivity index (χ4n) is 2.62. The van der Waals surface area contributed by atoms with Crippen molar-refractivity contribution in [3.8, 4) is 0 Å². The number of Topliss-reactive ketones (excluding diaryl/α,β-unsaturated/α-hetero) is 1. The van der Waals surface area contributed by atoms with Gasteiger partial charge in [0.15, 0.2) is 5.78 Å². The zero-order valence-electron chi connectivity index (χ0n) is 16.8. The molecule has 0 unspecified atom stereocenters. The van der Waals surface area contributed by atoms with E-state index in [1.807, 2.05) is 34.6 Å². The smallest absolute Gasteiger partial charge is 0.321 e. The quantitative estimate of drug-likeness (QED) is 0.620. The van der Waals surface area contributed by atoms with Gasteiger partial charge in [0, 0.05) is 42.8 Å². The molecule has 1 aromatic carbocycles. The molecular weight excluding hydrogens is 330 g/mol. The van der Waals surface area contributed by atoms with Gasteiger partial charge in [-0.3, -0.25) is 4.79 Å². The molecule has 0 bridgehead atoms. The van der Waals surface area contributed by atoms with Crippen molar-refractivity contribution >= 4 is 17.5 Å². The second kappa shape index (κ2) is 9.69. The van der Waals surface area contributed by atoms with Gasteiger partial charge in [0.25, 0.3) is 0 Å². The third-order valence-corrected chi connectivity index (χ3v) is 4.11. The molecule has 0 radical (unpaired) electrons. The lowest BCUT2D eigenvalue weighted by atomic mass is 9.97. The molecule has 1 rings (SSSR count). The molecule has 0 heterocycles. The first-order valence-corrected chi connectivity index (χ1v) is 9.20. The first-order valence-electron chi connectivity index (χ1n) is 9.20. The number of β-amino-alcohol motifs (C(OH)–C–C–N with tert-alkyl or cyclic N) is 1. The van der Waals surface area contributed by atoms with Crippen LogP contribution in [0.1, 0.15) is 57.5 Å². The maximum Gasteiger partial charge on any atom is 0.321 e. The molecule has 0 aliphatic heterocycles. The van der Waals surface area contributed by atoms with Gasteiger partial charge in [-0.25, -0.2) is 4.79 Å². The number of ketones is 1. The zero-order valence-corrected chi connectivity index (χ0v) is 16.8. The Morgan fingerprint density at radius 2 is 1.81 bits per heavy atom. The Balaban J connectivity index is 2.89. The number of hydrogen-bond acceptors (Lipinski definition) is 4. The van der Waals surface area contributed by atoms with Crippen molar-refractivity contribution in [1.82, 2.24) is 10.2 Å². The van der Waals surface area contributed by atoms with E-state index in [2.05, 4.69) is 10.6 Å². The Kier molecular flexibility index (Phi) is 8.24. The van der Waals surface area contributed by atoms with Crippen LogP contribution in [-0.4, -0.2) is 53.1 Å². The molecule has 0 saturated heterocycles. The number of urea groups is 1. The maximum absolute atomic E-state index is 12.2. The van der Waals surface area contributed by atoms with E-state index in [0.29, 0.717) is 37.3 Å². The number of rotatable bonds is 8. The molecule has 146 valence electrons. The van der Waals surface area contributed by atoms with Gasteiger partial charge in [0.05, 0.1) is 6.10 Å².